The number of urea groups is 1. The minimum atomic E-state index is -0.548. The van der Waals surface area contributed by atoms with Crippen molar-refractivity contribution < 1.29 is 29.0 Å². The first kappa shape index (κ1) is 25.5. The van der Waals surface area contributed by atoms with Gasteiger partial charge in [0.05, 0.1) is 19.1 Å². The van der Waals surface area contributed by atoms with Gasteiger partial charge in [0.15, 0.2) is 17.3 Å². The first-order valence-electron chi connectivity index (χ1n) is 10.6. The minimum absolute atomic E-state index is 0.0227. The van der Waals surface area contributed by atoms with Crippen LogP contribution in [0.25, 0.3) is 6.08 Å². The smallest absolute Gasteiger partial charge is 0.319 e. The number of aromatic hydroxyl groups is 1. The Morgan fingerprint density at radius 2 is 1.79 bits per heavy atom. The summed E-state index contributed by atoms with van der Waals surface area (Å²) in [7, 11) is 1.45. The highest BCUT2D eigenvalue weighted by Crippen LogP contribution is 2.26. The first-order chi connectivity index (χ1) is 15.7. The Labute approximate surface area is 193 Å². The second-order valence-electron chi connectivity index (χ2n) is 7.96. The fraction of sp³-hybridized carbons (Fsp3) is 0.320. The summed E-state index contributed by atoms with van der Waals surface area (Å²) in [5, 5.41) is 14.9. The van der Waals surface area contributed by atoms with Gasteiger partial charge in [-0.3, -0.25) is 9.59 Å². The van der Waals surface area contributed by atoms with Gasteiger partial charge in [-0.2, -0.15) is 0 Å². The van der Waals surface area contributed by atoms with Crippen molar-refractivity contribution in [1.82, 2.24) is 5.32 Å². The lowest BCUT2D eigenvalue weighted by molar-refractivity contribution is -0.153. The van der Waals surface area contributed by atoms with Crippen LogP contribution >= 0.6 is 0 Å². The summed E-state index contributed by atoms with van der Waals surface area (Å²) in [6, 6.07) is 10.8. The zero-order valence-electron chi connectivity index (χ0n) is 19.3. The van der Waals surface area contributed by atoms with Crippen molar-refractivity contribution >= 4 is 29.5 Å². The van der Waals surface area contributed by atoms with E-state index in [1.54, 1.807) is 42.5 Å². The summed E-state index contributed by atoms with van der Waals surface area (Å²) in [5.74, 6) is -0.170. The molecule has 0 aromatic heterocycles. The molecular formula is C25H30N2O6. The van der Waals surface area contributed by atoms with Gasteiger partial charge < -0.3 is 25.2 Å². The van der Waals surface area contributed by atoms with Gasteiger partial charge in [-0.25, -0.2) is 4.79 Å². The van der Waals surface area contributed by atoms with Crippen molar-refractivity contribution in [1.29, 1.82) is 0 Å². The number of ketones is 1. The van der Waals surface area contributed by atoms with Gasteiger partial charge in [-0.1, -0.05) is 19.1 Å². The molecule has 0 radical (unpaired) electrons. The van der Waals surface area contributed by atoms with Crippen LogP contribution in [-0.2, 0) is 9.53 Å². The number of ether oxygens (including phenoxy) is 2. The van der Waals surface area contributed by atoms with Gasteiger partial charge in [0, 0.05) is 11.3 Å². The summed E-state index contributed by atoms with van der Waals surface area (Å²) in [5.41, 5.74) is 1.12. The molecule has 0 aliphatic carbocycles. The summed E-state index contributed by atoms with van der Waals surface area (Å²) in [6.07, 6.45) is 3.71. The van der Waals surface area contributed by atoms with Crippen LogP contribution in [0.5, 0.6) is 11.5 Å². The van der Waals surface area contributed by atoms with Gasteiger partial charge in [0.2, 0.25) is 0 Å². The number of amides is 2. The number of carbonyl (C=O) groups is 3. The van der Waals surface area contributed by atoms with E-state index in [9.17, 15) is 19.5 Å². The number of esters is 1. The van der Waals surface area contributed by atoms with Crippen LogP contribution in [0.1, 0.15) is 43.1 Å². The Morgan fingerprint density at radius 3 is 2.42 bits per heavy atom. The number of benzene rings is 2. The number of hydrogen-bond donors (Lipinski definition) is 3. The normalized spacial score (nSPS) is 11.2. The summed E-state index contributed by atoms with van der Waals surface area (Å²) in [4.78, 5) is 36.3. The van der Waals surface area contributed by atoms with Crippen molar-refractivity contribution in [3.63, 3.8) is 0 Å². The molecule has 33 heavy (non-hydrogen) atoms. The molecule has 2 aromatic rings. The number of allylic oxidation sites excluding steroid dienone is 1. The fourth-order valence-corrected chi connectivity index (χ4v) is 2.61. The number of phenols is 1. The number of hydrogen-bond acceptors (Lipinski definition) is 6. The third kappa shape index (κ3) is 7.68. The third-order valence-corrected chi connectivity index (χ3v) is 5.12. The molecule has 3 N–H and O–H groups in total. The Morgan fingerprint density at radius 1 is 1.09 bits per heavy atom. The van der Waals surface area contributed by atoms with Gasteiger partial charge in [0.1, 0.15) is 6.61 Å². The van der Waals surface area contributed by atoms with Gasteiger partial charge >= 0.3 is 12.0 Å². The quantitative estimate of drug-likeness (QED) is 0.212. The summed E-state index contributed by atoms with van der Waals surface area (Å²) in [6.45, 7) is 5.80. The molecule has 0 heterocycles. The van der Waals surface area contributed by atoms with E-state index < -0.39 is 11.4 Å². The molecule has 0 spiro atoms. The van der Waals surface area contributed by atoms with E-state index in [1.807, 2.05) is 20.8 Å². The molecule has 2 amide bonds. The van der Waals surface area contributed by atoms with E-state index >= 15 is 0 Å². The highest BCUT2D eigenvalue weighted by atomic mass is 16.5. The maximum absolute atomic E-state index is 12.4. The van der Waals surface area contributed by atoms with Crippen LogP contribution < -0.4 is 15.4 Å². The molecule has 0 bridgehead atoms. The number of anilines is 1. The molecule has 0 saturated carbocycles. The molecular weight excluding hydrogens is 424 g/mol. The molecule has 2 rings (SSSR count). The highest BCUT2D eigenvalue weighted by molar-refractivity contribution is 6.07. The van der Waals surface area contributed by atoms with E-state index in [4.69, 9.17) is 9.47 Å². The fourth-order valence-electron chi connectivity index (χ4n) is 2.61. The molecule has 0 fully saturated rings. The summed E-state index contributed by atoms with van der Waals surface area (Å²) >= 11 is 0. The van der Waals surface area contributed by atoms with E-state index in [0.29, 0.717) is 29.0 Å². The minimum Gasteiger partial charge on any atom is -0.504 e. The molecule has 0 unspecified atom stereocenters. The van der Waals surface area contributed by atoms with Gasteiger partial charge in [-0.15, -0.1) is 0 Å². The Balaban J connectivity index is 1.82. The maximum atomic E-state index is 12.4. The second-order valence-corrected chi connectivity index (χ2v) is 7.96. The molecule has 8 nitrogen and oxygen atoms in total. The van der Waals surface area contributed by atoms with Crippen LogP contribution in [0.3, 0.4) is 0 Å². The van der Waals surface area contributed by atoms with Crippen LogP contribution in [0.15, 0.2) is 48.5 Å². The topological polar surface area (TPSA) is 114 Å². The van der Waals surface area contributed by atoms with E-state index in [0.717, 1.165) is 0 Å². The van der Waals surface area contributed by atoms with Gasteiger partial charge in [0.25, 0.3) is 0 Å². The summed E-state index contributed by atoms with van der Waals surface area (Å²) < 4.78 is 10.2. The predicted molar refractivity (Wildman–Crippen MR) is 127 cm³/mol. The lowest BCUT2D eigenvalue weighted by atomic mass is 9.91. The van der Waals surface area contributed by atoms with E-state index in [1.165, 1.54) is 19.3 Å². The molecule has 8 heteroatoms. The average molecular weight is 455 g/mol. The van der Waals surface area contributed by atoms with Crippen LogP contribution in [-0.4, -0.2) is 43.2 Å². The van der Waals surface area contributed by atoms with Crippen molar-refractivity contribution in [2.75, 3.05) is 25.6 Å². The Bertz CT molecular complexity index is 1010. The number of methoxy groups -OCH3 is 1. The SMILES string of the molecule is CCC(C)(C)C(=O)OCCNC(=O)Nc1ccc(C(=O)/C=C/c2ccc(O)c(OC)c2)cc1. The predicted octanol–water partition coefficient (Wildman–Crippen LogP) is 4.40. The van der Waals surface area contributed by atoms with Crippen molar-refractivity contribution in [3.8, 4) is 11.5 Å². The highest BCUT2D eigenvalue weighted by Gasteiger charge is 2.26. The van der Waals surface area contributed by atoms with Crippen LogP contribution in [0.2, 0.25) is 0 Å². The lowest BCUT2D eigenvalue weighted by Crippen LogP contribution is -2.34. The van der Waals surface area contributed by atoms with E-state index in [-0.39, 0.29) is 30.7 Å². The first-order valence-corrected chi connectivity index (χ1v) is 10.6. The number of carbonyl (C=O) groups excluding carboxylic acids is 3. The van der Waals surface area contributed by atoms with Crippen LogP contribution in [0, 0.1) is 5.41 Å². The number of nitrogens with one attached hydrogen (secondary N) is 2. The molecule has 0 saturated heterocycles. The number of phenolic OH excluding ortho intramolecular Hbond substituents is 1. The Hall–Kier alpha value is -3.81. The number of rotatable bonds is 10. The third-order valence-electron chi connectivity index (χ3n) is 5.12. The average Bonchev–Trinajstić information content (AvgIpc) is 2.81. The van der Waals surface area contributed by atoms with Crippen molar-refractivity contribution in [2.24, 2.45) is 5.41 Å². The lowest BCUT2D eigenvalue weighted by Gasteiger charge is -2.20. The maximum Gasteiger partial charge on any atom is 0.319 e. The Kier molecular flexibility index (Phi) is 9.03. The van der Waals surface area contributed by atoms with E-state index in [2.05, 4.69) is 10.6 Å². The molecule has 176 valence electrons. The molecule has 0 aliphatic heterocycles. The molecule has 0 aliphatic rings. The largest absolute Gasteiger partial charge is 0.504 e. The van der Waals surface area contributed by atoms with Gasteiger partial charge in [-0.05, 0) is 68.3 Å². The standard InChI is InChI=1S/C25H30N2O6/c1-5-25(2,3)23(30)33-15-14-26-24(31)27-19-10-8-18(9-11-19)20(28)12-6-17-7-13-21(29)22(16-17)32-4/h6-13,16,29H,5,14-15H2,1-4H3,(H2,26,27,31)/b12-6+. The second kappa shape index (κ2) is 11.7. The van der Waals surface area contributed by atoms with Crippen molar-refractivity contribution in [3.05, 3.63) is 59.7 Å². The zero-order chi connectivity index (χ0) is 24.4. The van der Waals surface area contributed by atoms with Crippen LogP contribution in [0.4, 0.5) is 10.5 Å². The molecule has 0 atom stereocenters. The molecule has 2 aromatic carbocycles. The zero-order valence-corrected chi connectivity index (χ0v) is 19.3. The van der Waals surface area contributed by atoms with Crippen molar-refractivity contribution in [2.45, 2.75) is 27.2 Å². The monoisotopic (exact) mass is 454 g/mol.